The predicted molar refractivity (Wildman–Crippen MR) is 140 cm³/mol. The number of nitrogens with one attached hydrogen (secondary N) is 2. The van der Waals surface area contributed by atoms with Crippen molar-refractivity contribution >= 4 is 44.9 Å². The molecule has 0 aliphatic carbocycles. The molecule has 1 aromatic carbocycles. The van der Waals surface area contributed by atoms with E-state index in [9.17, 15) is 18.7 Å². The lowest BCUT2D eigenvalue weighted by Crippen LogP contribution is -2.59. The number of aliphatic carboxylic acids is 1. The van der Waals surface area contributed by atoms with Crippen LogP contribution in [-0.4, -0.2) is 59.4 Å². The number of halogens is 3. The molecule has 2 atom stereocenters. The first kappa shape index (κ1) is 26.2. The van der Waals surface area contributed by atoms with Crippen molar-refractivity contribution in [1.82, 2.24) is 20.1 Å². The second-order valence-corrected chi connectivity index (χ2v) is 10.5. The number of carboxylic acids is 1. The first-order chi connectivity index (χ1) is 16.9. The average molecular weight is 514 g/mol. The van der Waals surface area contributed by atoms with E-state index in [1.165, 1.54) is 18.2 Å². The van der Waals surface area contributed by atoms with Gasteiger partial charge in [-0.25, -0.2) is 13.8 Å². The first-order valence-corrected chi connectivity index (χ1v) is 12.2. The van der Waals surface area contributed by atoms with E-state index in [1.54, 1.807) is 18.2 Å². The Hall–Kier alpha value is -2.91. The Balaban J connectivity index is 1.58. The van der Waals surface area contributed by atoms with Crippen LogP contribution >= 0.6 is 11.6 Å². The van der Waals surface area contributed by atoms with Gasteiger partial charge in [-0.1, -0.05) is 23.7 Å². The van der Waals surface area contributed by atoms with Gasteiger partial charge in [-0.3, -0.25) is 9.89 Å². The van der Waals surface area contributed by atoms with Gasteiger partial charge >= 0.3 is 5.97 Å². The number of nitrogens with zero attached hydrogens (tertiary/aromatic N) is 3. The highest BCUT2D eigenvalue weighted by molar-refractivity contribution is 6.40. The van der Waals surface area contributed by atoms with Crippen LogP contribution in [0.1, 0.15) is 36.7 Å². The van der Waals surface area contributed by atoms with E-state index in [1.807, 2.05) is 29.5 Å². The highest BCUT2D eigenvalue weighted by Gasteiger charge is 2.48. The maximum atomic E-state index is 14.9. The van der Waals surface area contributed by atoms with Crippen molar-refractivity contribution in [3.05, 3.63) is 70.0 Å². The number of aryl methyl sites for hydroxylation is 1. The van der Waals surface area contributed by atoms with Crippen molar-refractivity contribution in [2.45, 2.75) is 44.5 Å². The normalized spacial score (nSPS) is 20.9. The summed E-state index contributed by atoms with van der Waals surface area (Å²) in [5, 5.41) is 19.5. The number of carbonyl (C=O) groups is 1. The Morgan fingerprint density at radius 3 is 2.72 bits per heavy atom. The molecule has 3 aromatic rings. The van der Waals surface area contributed by atoms with Gasteiger partial charge in [-0.05, 0) is 62.3 Å². The van der Waals surface area contributed by atoms with Gasteiger partial charge in [0.05, 0.1) is 16.1 Å². The van der Waals surface area contributed by atoms with E-state index in [0.717, 1.165) is 5.69 Å². The zero-order chi connectivity index (χ0) is 26.3. The Labute approximate surface area is 215 Å². The summed E-state index contributed by atoms with van der Waals surface area (Å²) in [6, 6.07) is 9.24. The smallest absolute Gasteiger partial charge is 0.310 e. The van der Waals surface area contributed by atoms with Gasteiger partial charge in [0.25, 0.3) is 0 Å². The molecular formula is C24H28B2ClF2N5O2. The molecule has 0 bridgehead atoms. The molecule has 36 heavy (non-hydrogen) atoms. The van der Waals surface area contributed by atoms with E-state index in [2.05, 4.69) is 25.4 Å². The minimum Gasteiger partial charge on any atom is -0.481 e. The quantitative estimate of drug-likeness (QED) is 0.421. The van der Waals surface area contributed by atoms with Crippen molar-refractivity contribution in [2.24, 2.45) is 5.41 Å². The summed E-state index contributed by atoms with van der Waals surface area (Å²) < 4.78 is 29.7. The molecule has 1 saturated heterocycles. The molecule has 12 heteroatoms. The third-order valence-electron chi connectivity index (χ3n) is 7.22. The fourth-order valence-corrected chi connectivity index (χ4v) is 5.51. The van der Waals surface area contributed by atoms with E-state index in [4.69, 9.17) is 11.6 Å². The van der Waals surface area contributed by atoms with E-state index >= 15 is 0 Å². The summed E-state index contributed by atoms with van der Waals surface area (Å²) in [6.45, 7) is 4.16. The standard InChI is InChI=1S/C24H28B2ClF2N5O2/c1-13-10-20(33-32-13)31-19-7-6-17(28)18(30-19)12-23(22(35)36)8-9-34(14(2)11-23)24(25,26)15-4-3-5-16(27)21(15)29/h3-7,10,14H,8-9,11-12,25-26H2,1-2H3,(H,35,36)(H2,30,31,32,33). The van der Waals surface area contributed by atoms with Crippen molar-refractivity contribution < 1.29 is 18.7 Å². The van der Waals surface area contributed by atoms with Crippen LogP contribution < -0.4 is 5.32 Å². The van der Waals surface area contributed by atoms with Gasteiger partial charge in [-0.15, -0.1) is 0 Å². The molecule has 0 spiro atoms. The summed E-state index contributed by atoms with van der Waals surface area (Å²) in [4.78, 5) is 19.0. The van der Waals surface area contributed by atoms with Crippen LogP contribution in [-0.2, 0) is 16.6 Å². The summed E-state index contributed by atoms with van der Waals surface area (Å²) in [7, 11) is 3.80. The molecule has 188 valence electrons. The van der Waals surface area contributed by atoms with Crippen LogP contribution in [0.4, 0.5) is 20.4 Å². The molecule has 4 rings (SSSR count). The number of pyridine rings is 1. The topological polar surface area (TPSA) is 94.1 Å². The fourth-order valence-electron chi connectivity index (χ4n) is 5.34. The third-order valence-corrected chi connectivity index (χ3v) is 7.51. The van der Waals surface area contributed by atoms with Crippen LogP contribution in [0.2, 0.25) is 5.02 Å². The summed E-state index contributed by atoms with van der Waals surface area (Å²) in [6.07, 6.45) is 0.453. The highest BCUT2D eigenvalue weighted by atomic mass is 35.5. The third kappa shape index (κ3) is 4.99. The Bertz CT molecular complexity index is 1290. The zero-order valence-corrected chi connectivity index (χ0v) is 21.5. The first-order valence-electron chi connectivity index (χ1n) is 11.8. The second-order valence-electron chi connectivity index (χ2n) is 10.1. The average Bonchev–Trinajstić information content (AvgIpc) is 3.22. The number of H-pyrrole nitrogens is 1. The van der Waals surface area contributed by atoms with Crippen molar-refractivity contribution in [3.63, 3.8) is 0 Å². The maximum absolute atomic E-state index is 14.9. The summed E-state index contributed by atoms with van der Waals surface area (Å²) >= 11 is 6.03. The molecule has 0 saturated carbocycles. The van der Waals surface area contributed by atoms with Gasteiger partial charge in [0, 0.05) is 24.2 Å². The van der Waals surface area contributed by atoms with Crippen LogP contribution in [0.5, 0.6) is 0 Å². The van der Waals surface area contributed by atoms with Crippen LogP contribution in [0.15, 0.2) is 36.4 Å². The zero-order valence-electron chi connectivity index (χ0n) is 20.7. The number of aromatic nitrogens is 3. The van der Waals surface area contributed by atoms with Gasteiger partial charge in [-0.2, -0.15) is 5.10 Å². The monoisotopic (exact) mass is 513 g/mol. The van der Waals surface area contributed by atoms with Gasteiger partial charge < -0.3 is 15.3 Å². The lowest BCUT2D eigenvalue weighted by Gasteiger charge is -2.51. The number of benzene rings is 1. The number of aromatic amines is 1. The van der Waals surface area contributed by atoms with Gasteiger partial charge in [0.15, 0.2) is 5.82 Å². The minimum atomic E-state index is -1.21. The Morgan fingerprint density at radius 1 is 1.33 bits per heavy atom. The number of rotatable bonds is 7. The number of likely N-dealkylation sites (tertiary alicyclic amines) is 1. The lowest BCUT2D eigenvalue weighted by atomic mass is 9.55. The van der Waals surface area contributed by atoms with E-state index in [0.29, 0.717) is 23.7 Å². The molecule has 2 aromatic heterocycles. The van der Waals surface area contributed by atoms with Crippen LogP contribution in [0.3, 0.4) is 0 Å². The minimum absolute atomic E-state index is 0.0464. The number of piperidine rings is 1. The van der Waals surface area contributed by atoms with Crippen molar-refractivity contribution in [1.29, 1.82) is 0 Å². The molecule has 1 aliphatic heterocycles. The molecule has 0 radical (unpaired) electrons. The Morgan fingerprint density at radius 2 is 2.08 bits per heavy atom. The molecule has 3 heterocycles. The largest absolute Gasteiger partial charge is 0.481 e. The maximum Gasteiger partial charge on any atom is 0.310 e. The molecule has 7 nitrogen and oxygen atoms in total. The van der Waals surface area contributed by atoms with Crippen molar-refractivity contribution in [3.8, 4) is 0 Å². The van der Waals surface area contributed by atoms with E-state index < -0.39 is 28.4 Å². The predicted octanol–water partition coefficient (Wildman–Crippen LogP) is 2.96. The number of carboxylic acid groups (broad SMARTS) is 1. The highest BCUT2D eigenvalue weighted by Crippen LogP contribution is 2.42. The van der Waals surface area contributed by atoms with Crippen LogP contribution in [0.25, 0.3) is 0 Å². The van der Waals surface area contributed by atoms with Gasteiger partial charge in [0.2, 0.25) is 0 Å². The SMILES string of the molecule is BC(B)(c1cccc(Cl)c1F)N1CCC(Cc2nc(Nc3cc(C)[nH]n3)ccc2F)(C(=O)O)CC1C. The second kappa shape index (κ2) is 9.86. The number of hydrogen-bond donors (Lipinski definition) is 3. The van der Waals surface area contributed by atoms with E-state index in [-0.39, 0.29) is 36.0 Å². The molecule has 3 N–H and O–H groups in total. The van der Waals surface area contributed by atoms with Crippen molar-refractivity contribution in [2.75, 3.05) is 11.9 Å². The molecular weight excluding hydrogens is 485 g/mol. The number of hydrogen-bond acceptors (Lipinski definition) is 5. The number of anilines is 2. The Kier molecular flexibility index (Phi) is 7.16. The summed E-state index contributed by atoms with van der Waals surface area (Å²) in [5.74, 6) is -1.13. The molecule has 0 amide bonds. The van der Waals surface area contributed by atoms with Crippen LogP contribution in [0, 0.1) is 24.0 Å². The molecule has 1 fully saturated rings. The fraction of sp³-hybridized carbons (Fsp3) is 0.375. The lowest BCUT2D eigenvalue weighted by molar-refractivity contribution is -0.154. The summed E-state index contributed by atoms with van der Waals surface area (Å²) in [5.41, 5.74) is 0.167. The molecule has 2 unspecified atom stereocenters. The van der Waals surface area contributed by atoms with Gasteiger partial charge in [0.1, 0.15) is 33.1 Å². The molecule has 1 aliphatic rings.